The number of benzene rings is 2. The Labute approximate surface area is 210 Å². The van der Waals surface area contributed by atoms with Crippen molar-refractivity contribution < 1.29 is 18.8 Å². The Morgan fingerprint density at radius 2 is 1.84 bits per heavy atom. The number of hydrogen-bond acceptors (Lipinski definition) is 8. The van der Waals surface area contributed by atoms with E-state index >= 15 is 0 Å². The predicted octanol–water partition coefficient (Wildman–Crippen LogP) is 4.10. The van der Waals surface area contributed by atoms with Crippen LogP contribution in [0.25, 0.3) is 33.9 Å². The molecule has 0 saturated heterocycles. The zero-order chi connectivity index (χ0) is 25.5. The van der Waals surface area contributed by atoms with Crippen LogP contribution in [0.4, 0.5) is 5.69 Å². The van der Waals surface area contributed by atoms with Gasteiger partial charge in [0, 0.05) is 29.2 Å². The highest BCUT2D eigenvalue weighted by Crippen LogP contribution is 2.34. The van der Waals surface area contributed by atoms with Gasteiger partial charge in [-0.05, 0) is 43.7 Å². The van der Waals surface area contributed by atoms with Crippen molar-refractivity contribution in [1.82, 2.24) is 19.7 Å². The van der Waals surface area contributed by atoms with Gasteiger partial charge in [0.15, 0.2) is 11.5 Å². The molecule has 0 saturated carbocycles. The fraction of sp³-hybridized carbons (Fsp3) is 0.148. The molecule has 184 valence electrons. The zero-order valence-electron chi connectivity index (χ0n) is 20.0. The number of ether oxygens (including phenoxy) is 2. The standard InChI is InChI=1S/C27H21N5O5/c1-15-5-3-4-6-18(15)25-30-27(37-31-25)20-12-32(26-19(24(20)34)9-7-16(2)28-26)13-23(33)29-17-8-10-21-22(11-17)36-14-35-21/h3-12H,13-14H2,1-2H3,(H,29,33). The lowest BCUT2D eigenvalue weighted by atomic mass is 10.1. The third kappa shape index (κ3) is 4.18. The minimum atomic E-state index is -0.316. The first-order chi connectivity index (χ1) is 18.0. The number of amides is 1. The summed E-state index contributed by atoms with van der Waals surface area (Å²) in [5.41, 5.74) is 3.31. The van der Waals surface area contributed by atoms with Crippen molar-refractivity contribution in [3.8, 4) is 34.3 Å². The molecule has 1 amide bonds. The van der Waals surface area contributed by atoms with Gasteiger partial charge in [0.1, 0.15) is 17.8 Å². The highest BCUT2D eigenvalue weighted by atomic mass is 16.7. The molecule has 0 atom stereocenters. The summed E-state index contributed by atoms with van der Waals surface area (Å²) in [5, 5.41) is 7.28. The average Bonchev–Trinajstić information content (AvgIpc) is 3.55. The lowest BCUT2D eigenvalue weighted by Gasteiger charge is -2.12. The van der Waals surface area contributed by atoms with E-state index < -0.39 is 0 Å². The molecular weight excluding hydrogens is 474 g/mol. The number of nitrogens with one attached hydrogen (secondary N) is 1. The SMILES string of the molecule is Cc1ccc2c(=O)c(-c3nc(-c4ccccc4C)no3)cn(CC(=O)Nc3ccc4c(c3)OCO4)c2n1. The molecular formula is C27H21N5O5. The molecule has 2 aromatic carbocycles. The number of hydrogen-bond donors (Lipinski definition) is 1. The molecule has 5 aromatic rings. The number of carbonyl (C=O) groups excluding carboxylic acids is 1. The smallest absolute Gasteiger partial charge is 0.263 e. The van der Waals surface area contributed by atoms with E-state index in [0.29, 0.717) is 39.7 Å². The van der Waals surface area contributed by atoms with Crippen LogP contribution in [0.1, 0.15) is 11.3 Å². The first-order valence-corrected chi connectivity index (χ1v) is 11.6. The van der Waals surface area contributed by atoms with Crippen molar-refractivity contribution in [2.75, 3.05) is 12.1 Å². The summed E-state index contributed by atoms with van der Waals surface area (Å²) in [7, 11) is 0. The molecule has 37 heavy (non-hydrogen) atoms. The van der Waals surface area contributed by atoms with E-state index in [1.807, 2.05) is 38.1 Å². The lowest BCUT2D eigenvalue weighted by Crippen LogP contribution is -2.22. The Balaban J connectivity index is 1.37. The molecule has 10 nitrogen and oxygen atoms in total. The normalized spacial score (nSPS) is 12.2. The van der Waals surface area contributed by atoms with E-state index in [0.717, 1.165) is 11.1 Å². The van der Waals surface area contributed by atoms with E-state index in [9.17, 15) is 9.59 Å². The van der Waals surface area contributed by atoms with E-state index in [1.54, 1.807) is 34.9 Å². The Bertz CT molecular complexity index is 1740. The van der Waals surface area contributed by atoms with Gasteiger partial charge in [-0.25, -0.2) is 4.98 Å². The van der Waals surface area contributed by atoms with Crippen molar-refractivity contribution in [3.63, 3.8) is 0 Å². The predicted molar refractivity (Wildman–Crippen MR) is 135 cm³/mol. The Kier molecular flexibility index (Phi) is 5.41. The molecule has 3 aromatic heterocycles. The van der Waals surface area contributed by atoms with E-state index in [4.69, 9.17) is 14.0 Å². The second-order valence-electron chi connectivity index (χ2n) is 8.68. The molecule has 1 aliphatic heterocycles. The van der Waals surface area contributed by atoms with Gasteiger partial charge in [0.25, 0.3) is 5.89 Å². The molecule has 0 fully saturated rings. The number of aryl methyl sites for hydroxylation is 2. The van der Waals surface area contributed by atoms with E-state index in [2.05, 4.69) is 20.4 Å². The van der Waals surface area contributed by atoms with Crippen LogP contribution in [0.3, 0.4) is 0 Å². The van der Waals surface area contributed by atoms with Gasteiger partial charge in [0.05, 0.1) is 5.39 Å². The molecule has 0 radical (unpaired) electrons. The van der Waals surface area contributed by atoms with Crippen LogP contribution in [0.5, 0.6) is 11.5 Å². The van der Waals surface area contributed by atoms with Gasteiger partial charge >= 0.3 is 0 Å². The molecule has 0 bridgehead atoms. The number of aromatic nitrogens is 4. The summed E-state index contributed by atoms with van der Waals surface area (Å²) in [6, 6.07) is 16.2. The highest BCUT2D eigenvalue weighted by molar-refractivity contribution is 5.92. The minimum Gasteiger partial charge on any atom is -0.454 e. The average molecular weight is 495 g/mol. The van der Waals surface area contributed by atoms with Crippen LogP contribution in [0, 0.1) is 13.8 Å². The van der Waals surface area contributed by atoms with Crippen molar-refractivity contribution in [2.45, 2.75) is 20.4 Å². The van der Waals surface area contributed by atoms with Gasteiger partial charge in [-0.1, -0.05) is 29.4 Å². The van der Waals surface area contributed by atoms with Crippen LogP contribution >= 0.6 is 0 Å². The third-order valence-corrected chi connectivity index (χ3v) is 6.07. The maximum atomic E-state index is 13.4. The fourth-order valence-corrected chi connectivity index (χ4v) is 4.23. The van der Waals surface area contributed by atoms with E-state index in [-0.39, 0.29) is 36.1 Å². The summed E-state index contributed by atoms with van der Waals surface area (Å²) < 4.78 is 17.8. The molecule has 4 heterocycles. The van der Waals surface area contributed by atoms with Crippen LogP contribution in [0.2, 0.25) is 0 Å². The van der Waals surface area contributed by atoms with Gasteiger partial charge in [-0.15, -0.1) is 0 Å². The van der Waals surface area contributed by atoms with Crippen molar-refractivity contribution >= 4 is 22.6 Å². The number of pyridine rings is 2. The highest BCUT2D eigenvalue weighted by Gasteiger charge is 2.20. The van der Waals surface area contributed by atoms with Gasteiger partial charge in [0.2, 0.25) is 24.0 Å². The van der Waals surface area contributed by atoms with Crippen LogP contribution < -0.4 is 20.2 Å². The second-order valence-corrected chi connectivity index (χ2v) is 8.68. The van der Waals surface area contributed by atoms with Crippen molar-refractivity contribution in [2.24, 2.45) is 0 Å². The number of anilines is 1. The number of nitrogens with zero attached hydrogens (tertiary/aromatic N) is 4. The Morgan fingerprint density at radius 1 is 1.00 bits per heavy atom. The maximum Gasteiger partial charge on any atom is 0.263 e. The monoisotopic (exact) mass is 495 g/mol. The maximum absolute atomic E-state index is 13.4. The lowest BCUT2D eigenvalue weighted by molar-refractivity contribution is -0.116. The topological polar surface area (TPSA) is 121 Å². The number of carbonyl (C=O) groups is 1. The van der Waals surface area contributed by atoms with Gasteiger partial charge < -0.3 is 23.9 Å². The molecule has 0 aliphatic carbocycles. The summed E-state index contributed by atoms with van der Waals surface area (Å²) in [4.78, 5) is 35.4. The minimum absolute atomic E-state index is 0.0654. The number of fused-ring (bicyclic) bond motifs is 2. The van der Waals surface area contributed by atoms with E-state index in [1.165, 1.54) is 6.20 Å². The summed E-state index contributed by atoms with van der Waals surface area (Å²) in [6.45, 7) is 3.81. The first kappa shape index (κ1) is 22.5. The molecule has 1 aliphatic rings. The number of rotatable bonds is 5. The molecule has 0 spiro atoms. The molecule has 1 N–H and O–H groups in total. The van der Waals surface area contributed by atoms with Gasteiger partial charge in [-0.3, -0.25) is 9.59 Å². The molecule has 0 unspecified atom stereocenters. The summed E-state index contributed by atoms with van der Waals surface area (Å²) in [5.74, 6) is 1.31. The van der Waals surface area contributed by atoms with Crippen LogP contribution in [-0.4, -0.2) is 32.4 Å². The van der Waals surface area contributed by atoms with Crippen LogP contribution in [0.15, 0.2) is 70.1 Å². The largest absolute Gasteiger partial charge is 0.454 e. The second kappa shape index (κ2) is 8.90. The zero-order valence-corrected chi connectivity index (χ0v) is 20.0. The Hall–Kier alpha value is -4.99. The Morgan fingerprint density at radius 3 is 2.70 bits per heavy atom. The molecule has 10 heteroatoms. The van der Waals surface area contributed by atoms with Gasteiger partial charge in [-0.2, -0.15) is 4.98 Å². The van der Waals surface area contributed by atoms with Crippen molar-refractivity contribution in [3.05, 3.63) is 82.3 Å². The quantitative estimate of drug-likeness (QED) is 0.387. The molecule has 6 rings (SSSR count). The fourth-order valence-electron chi connectivity index (χ4n) is 4.23. The third-order valence-electron chi connectivity index (χ3n) is 6.07. The summed E-state index contributed by atoms with van der Waals surface area (Å²) >= 11 is 0. The van der Waals surface area contributed by atoms with Crippen molar-refractivity contribution in [1.29, 1.82) is 0 Å². The summed E-state index contributed by atoms with van der Waals surface area (Å²) in [6.07, 6.45) is 1.53. The first-order valence-electron chi connectivity index (χ1n) is 11.6. The van der Waals surface area contributed by atoms with Crippen LogP contribution in [-0.2, 0) is 11.3 Å².